The minimum atomic E-state index is -0.915. The zero-order chi connectivity index (χ0) is 16.9. The van der Waals surface area contributed by atoms with Gasteiger partial charge in [0.05, 0.1) is 5.70 Å². The third-order valence-electron chi connectivity index (χ3n) is 5.70. The van der Waals surface area contributed by atoms with Crippen molar-refractivity contribution in [2.24, 2.45) is 15.9 Å². The third-order valence-corrected chi connectivity index (χ3v) is 5.70. The van der Waals surface area contributed by atoms with Gasteiger partial charge in [-0.1, -0.05) is 36.4 Å². The van der Waals surface area contributed by atoms with E-state index in [9.17, 15) is 9.90 Å². The minimum Gasteiger partial charge on any atom is -0.477 e. The molecule has 0 bridgehead atoms. The Morgan fingerprint density at radius 1 is 1.33 bits per heavy atom. The third kappa shape index (κ3) is 1.97. The van der Waals surface area contributed by atoms with Gasteiger partial charge in [-0.2, -0.15) is 0 Å². The molecule has 5 nitrogen and oxygen atoms in total. The van der Waals surface area contributed by atoms with E-state index in [1.165, 1.54) is 5.56 Å². The number of likely N-dealkylation sites (N-methyl/N-ethyl adjacent to an activating group) is 1. The molecule has 2 aliphatic heterocycles. The molecule has 3 atom stereocenters. The number of aliphatic imine (C=N–C) groups is 2. The van der Waals surface area contributed by atoms with Gasteiger partial charge in [-0.05, 0) is 37.7 Å². The Bertz CT molecular complexity index is 781. The number of rotatable bonds is 2. The molecule has 1 spiro atoms. The molecule has 0 fully saturated rings. The summed E-state index contributed by atoms with van der Waals surface area (Å²) in [6.45, 7) is 1.97. The van der Waals surface area contributed by atoms with Gasteiger partial charge in [0.15, 0.2) is 5.66 Å². The molecule has 0 saturated heterocycles. The van der Waals surface area contributed by atoms with E-state index in [-0.39, 0.29) is 11.6 Å². The quantitative estimate of drug-likeness (QED) is 0.909. The summed E-state index contributed by atoms with van der Waals surface area (Å²) in [5.74, 6) is 0.545. The fourth-order valence-corrected chi connectivity index (χ4v) is 4.46. The zero-order valence-electron chi connectivity index (χ0n) is 13.9. The zero-order valence-corrected chi connectivity index (χ0v) is 13.9. The van der Waals surface area contributed by atoms with Gasteiger partial charge in [-0.3, -0.25) is 0 Å². The molecule has 0 aromatic heterocycles. The summed E-state index contributed by atoms with van der Waals surface area (Å²) in [7, 11) is 1.98. The second-order valence-corrected chi connectivity index (χ2v) is 6.80. The van der Waals surface area contributed by atoms with Gasteiger partial charge in [0, 0.05) is 13.0 Å². The SMILES string of the molecule is CC1=NC2=CCC(c3ccccc3)C3CCC(C(=O)O)=NC23N1C. The molecule has 3 unspecified atom stereocenters. The summed E-state index contributed by atoms with van der Waals surface area (Å²) in [6.07, 6.45) is 4.41. The lowest BCUT2D eigenvalue weighted by atomic mass is 9.67. The first-order valence-electron chi connectivity index (χ1n) is 8.40. The fraction of sp³-hybridized carbons (Fsp3) is 0.421. The molecule has 124 valence electrons. The predicted octanol–water partition coefficient (Wildman–Crippen LogP) is 3.05. The van der Waals surface area contributed by atoms with Crippen LogP contribution in [-0.2, 0) is 4.79 Å². The summed E-state index contributed by atoms with van der Waals surface area (Å²) < 4.78 is 0. The van der Waals surface area contributed by atoms with Crippen molar-refractivity contribution in [1.82, 2.24) is 4.90 Å². The number of aliphatic carboxylic acids is 1. The van der Waals surface area contributed by atoms with E-state index >= 15 is 0 Å². The standard InChI is InChI=1S/C19H21N3O2/c1-12-20-17-11-8-14(13-6-4-3-5-7-13)15-9-10-16(18(23)24)21-19(15,17)22(12)2/h3-7,11,14-15H,8-10H2,1-2H3,(H,23,24). The van der Waals surface area contributed by atoms with Crippen molar-refractivity contribution >= 4 is 17.5 Å². The van der Waals surface area contributed by atoms with Crippen molar-refractivity contribution in [3.63, 3.8) is 0 Å². The average molecular weight is 323 g/mol. The molecule has 4 rings (SSSR count). The number of hydrogen-bond acceptors (Lipinski definition) is 4. The van der Waals surface area contributed by atoms with Crippen molar-refractivity contribution in [3.05, 3.63) is 47.7 Å². The molecule has 3 aliphatic rings. The van der Waals surface area contributed by atoms with Gasteiger partial charge in [0.2, 0.25) is 0 Å². The normalized spacial score (nSPS) is 31.6. The molecule has 1 aromatic rings. The number of nitrogens with zero attached hydrogens (tertiary/aromatic N) is 3. The van der Waals surface area contributed by atoms with E-state index < -0.39 is 11.6 Å². The topological polar surface area (TPSA) is 65.3 Å². The molecule has 24 heavy (non-hydrogen) atoms. The van der Waals surface area contributed by atoms with Crippen LogP contribution in [0.2, 0.25) is 0 Å². The van der Waals surface area contributed by atoms with Gasteiger partial charge in [0.25, 0.3) is 0 Å². The lowest BCUT2D eigenvalue weighted by molar-refractivity contribution is -0.129. The number of amidine groups is 1. The smallest absolute Gasteiger partial charge is 0.349 e. The van der Waals surface area contributed by atoms with Crippen molar-refractivity contribution in [1.29, 1.82) is 0 Å². The van der Waals surface area contributed by atoms with Gasteiger partial charge in [-0.15, -0.1) is 0 Å². The highest BCUT2D eigenvalue weighted by Gasteiger charge is 2.56. The fourth-order valence-electron chi connectivity index (χ4n) is 4.46. The maximum absolute atomic E-state index is 11.5. The monoisotopic (exact) mass is 323 g/mol. The summed E-state index contributed by atoms with van der Waals surface area (Å²) in [4.78, 5) is 23.1. The van der Waals surface area contributed by atoms with Crippen LogP contribution in [0.3, 0.4) is 0 Å². The number of benzene rings is 1. The number of hydrogen-bond donors (Lipinski definition) is 1. The van der Waals surface area contributed by atoms with Gasteiger partial charge in [0.1, 0.15) is 11.5 Å². The molecular formula is C19H21N3O2. The maximum Gasteiger partial charge on any atom is 0.349 e. The Balaban J connectivity index is 1.86. The average Bonchev–Trinajstić information content (AvgIpc) is 2.84. The Morgan fingerprint density at radius 3 is 2.79 bits per heavy atom. The number of carboxylic acid groups (broad SMARTS) is 1. The number of carbonyl (C=O) groups is 1. The van der Waals surface area contributed by atoms with Crippen LogP contribution in [0.5, 0.6) is 0 Å². The van der Waals surface area contributed by atoms with Crippen LogP contribution >= 0.6 is 0 Å². The maximum atomic E-state index is 11.5. The van der Waals surface area contributed by atoms with Crippen LogP contribution in [0.1, 0.15) is 37.7 Å². The molecule has 0 saturated carbocycles. The van der Waals surface area contributed by atoms with Crippen molar-refractivity contribution in [2.45, 2.75) is 37.8 Å². The molecule has 1 aliphatic carbocycles. The highest BCUT2D eigenvalue weighted by atomic mass is 16.4. The van der Waals surface area contributed by atoms with Crippen LogP contribution in [0, 0.1) is 5.92 Å². The van der Waals surface area contributed by atoms with E-state index in [0.717, 1.165) is 24.4 Å². The highest BCUT2D eigenvalue weighted by molar-refractivity contribution is 6.36. The van der Waals surface area contributed by atoms with Gasteiger partial charge < -0.3 is 10.0 Å². The van der Waals surface area contributed by atoms with Crippen LogP contribution < -0.4 is 0 Å². The molecule has 1 N–H and O–H groups in total. The second kappa shape index (κ2) is 5.30. The van der Waals surface area contributed by atoms with Crippen LogP contribution in [0.15, 0.2) is 52.1 Å². The number of allylic oxidation sites excluding steroid dienone is 1. The van der Waals surface area contributed by atoms with E-state index in [0.29, 0.717) is 12.3 Å². The van der Waals surface area contributed by atoms with Gasteiger partial charge in [-0.25, -0.2) is 14.8 Å². The van der Waals surface area contributed by atoms with Gasteiger partial charge >= 0.3 is 5.97 Å². The van der Waals surface area contributed by atoms with E-state index in [1.54, 1.807) is 0 Å². The molecular weight excluding hydrogens is 302 g/mol. The Hall–Kier alpha value is -2.43. The minimum absolute atomic E-state index is 0.231. The molecule has 0 radical (unpaired) electrons. The van der Waals surface area contributed by atoms with Crippen LogP contribution in [0.4, 0.5) is 0 Å². The molecule has 5 heteroatoms. The summed E-state index contributed by atoms with van der Waals surface area (Å²) >= 11 is 0. The molecule has 2 heterocycles. The van der Waals surface area contributed by atoms with E-state index in [4.69, 9.17) is 9.98 Å². The van der Waals surface area contributed by atoms with E-state index in [1.807, 2.05) is 20.0 Å². The van der Waals surface area contributed by atoms with Crippen LogP contribution in [0.25, 0.3) is 0 Å². The van der Waals surface area contributed by atoms with Crippen molar-refractivity contribution in [3.8, 4) is 0 Å². The lowest BCUT2D eigenvalue weighted by Crippen LogP contribution is -2.55. The number of carboxylic acids is 1. The lowest BCUT2D eigenvalue weighted by Gasteiger charge is -2.49. The first-order valence-corrected chi connectivity index (χ1v) is 8.40. The Kier molecular flexibility index (Phi) is 3.34. The first-order chi connectivity index (χ1) is 11.5. The van der Waals surface area contributed by atoms with Crippen molar-refractivity contribution in [2.75, 3.05) is 7.05 Å². The molecule has 0 amide bonds. The summed E-state index contributed by atoms with van der Waals surface area (Å²) in [5.41, 5.74) is 1.82. The Morgan fingerprint density at radius 2 is 2.08 bits per heavy atom. The Labute approximate surface area is 141 Å². The second-order valence-electron chi connectivity index (χ2n) is 6.80. The summed E-state index contributed by atoms with van der Waals surface area (Å²) in [6, 6.07) is 10.5. The summed E-state index contributed by atoms with van der Waals surface area (Å²) in [5, 5.41) is 9.47. The first kappa shape index (κ1) is 15.1. The predicted molar refractivity (Wildman–Crippen MR) is 93.3 cm³/mol. The highest BCUT2D eigenvalue weighted by Crippen LogP contribution is 2.53. The largest absolute Gasteiger partial charge is 0.477 e. The van der Waals surface area contributed by atoms with Crippen molar-refractivity contribution < 1.29 is 9.90 Å². The molecule has 1 aromatic carbocycles. The van der Waals surface area contributed by atoms with Crippen LogP contribution in [-0.4, -0.2) is 40.2 Å². The van der Waals surface area contributed by atoms with E-state index in [2.05, 4.69) is 35.2 Å².